The van der Waals surface area contributed by atoms with E-state index in [1.165, 1.54) is 12.1 Å². The molecule has 0 bridgehead atoms. The molecule has 3 rings (SSSR count). The summed E-state index contributed by atoms with van der Waals surface area (Å²) in [7, 11) is 0. The van der Waals surface area contributed by atoms with Crippen molar-refractivity contribution >= 4 is 23.2 Å². The van der Waals surface area contributed by atoms with Gasteiger partial charge in [-0.2, -0.15) is 0 Å². The van der Waals surface area contributed by atoms with Crippen molar-refractivity contribution < 1.29 is 9.13 Å². The molecule has 1 aliphatic carbocycles. The standard InChI is InChI=1S/C15H13Cl2FO/c1-8-5-9-6-10(18)7-11(15(9)19-8)14-12(16)3-2-4-13(14)17/h2-4,6-8,12,14H,5H2,1H3/t8-,12?,14?/m0/s1. The van der Waals surface area contributed by atoms with Gasteiger partial charge in [-0.25, -0.2) is 4.39 Å². The summed E-state index contributed by atoms with van der Waals surface area (Å²) in [5, 5.41) is 0.321. The van der Waals surface area contributed by atoms with Crippen LogP contribution in [0.25, 0.3) is 0 Å². The van der Waals surface area contributed by atoms with Gasteiger partial charge in [-0.3, -0.25) is 0 Å². The number of ether oxygens (including phenoxy) is 1. The highest BCUT2D eigenvalue weighted by atomic mass is 35.5. The summed E-state index contributed by atoms with van der Waals surface area (Å²) in [5.74, 6) is 0.226. The predicted molar refractivity (Wildman–Crippen MR) is 75.7 cm³/mol. The maximum atomic E-state index is 13.8. The van der Waals surface area contributed by atoms with Crippen LogP contribution in [0.15, 0.2) is 35.4 Å². The minimum absolute atomic E-state index is 0.0613. The van der Waals surface area contributed by atoms with Crippen LogP contribution in [0.2, 0.25) is 0 Å². The first kappa shape index (κ1) is 13.0. The molecule has 1 nitrogen and oxygen atoms in total. The van der Waals surface area contributed by atoms with Gasteiger partial charge in [0.15, 0.2) is 0 Å². The first-order valence-corrected chi connectivity index (χ1v) is 7.04. The van der Waals surface area contributed by atoms with Crippen LogP contribution < -0.4 is 4.74 Å². The van der Waals surface area contributed by atoms with Gasteiger partial charge < -0.3 is 4.74 Å². The van der Waals surface area contributed by atoms with E-state index < -0.39 is 0 Å². The molecule has 0 spiro atoms. The van der Waals surface area contributed by atoms with Crippen molar-refractivity contribution in [3.63, 3.8) is 0 Å². The largest absolute Gasteiger partial charge is 0.490 e. The Bertz CT molecular complexity index is 580. The van der Waals surface area contributed by atoms with Gasteiger partial charge in [-0.05, 0) is 25.1 Å². The van der Waals surface area contributed by atoms with Crippen LogP contribution in [0.4, 0.5) is 4.39 Å². The second-order valence-electron chi connectivity index (χ2n) is 4.97. The first-order valence-electron chi connectivity index (χ1n) is 6.23. The van der Waals surface area contributed by atoms with Crippen LogP contribution in [-0.4, -0.2) is 11.5 Å². The molecule has 3 atom stereocenters. The summed E-state index contributed by atoms with van der Waals surface area (Å²) in [6, 6.07) is 3.01. The Morgan fingerprint density at radius 3 is 2.89 bits per heavy atom. The quantitative estimate of drug-likeness (QED) is 0.692. The topological polar surface area (TPSA) is 9.23 Å². The molecule has 1 aliphatic heterocycles. The van der Waals surface area contributed by atoms with Crippen LogP contribution in [-0.2, 0) is 6.42 Å². The Balaban J connectivity index is 2.11. The van der Waals surface area contributed by atoms with Crippen LogP contribution in [0.1, 0.15) is 24.0 Å². The number of hydrogen-bond acceptors (Lipinski definition) is 1. The summed E-state index contributed by atoms with van der Waals surface area (Å²) in [5.41, 5.74) is 1.63. The SMILES string of the molecule is C[C@H]1Cc2cc(F)cc(C3C(Cl)=CC=CC3Cl)c2O1. The molecule has 0 N–H and O–H groups in total. The highest BCUT2D eigenvalue weighted by Crippen LogP contribution is 2.44. The lowest BCUT2D eigenvalue weighted by molar-refractivity contribution is 0.252. The Kier molecular flexibility index (Phi) is 3.32. The third kappa shape index (κ3) is 2.28. The van der Waals surface area contributed by atoms with Crippen molar-refractivity contribution in [2.45, 2.75) is 30.7 Å². The summed E-state index contributed by atoms with van der Waals surface area (Å²) >= 11 is 12.6. The second kappa shape index (κ2) is 4.84. The average molecular weight is 299 g/mol. The predicted octanol–water partition coefficient (Wildman–Crippen LogP) is 4.53. The van der Waals surface area contributed by atoms with Gasteiger partial charge in [0.25, 0.3) is 0 Å². The smallest absolute Gasteiger partial charge is 0.127 e. The zero-order valence-corrected chi connectivity index (χ0v) is 11.9. The summed E-state index contributed by atoms with van der Waals surface area (Å²) in [4.78, 5) is 0. The van der Waals surface area contributed by atoms with E-state index in [-0.39, 0.29) is 23.2 Å². The maximum absolute atomic E-state index is 13.8. The van der Waals surface area contributed by atoms with Gasteiger partial charge in [-0.15, -0.1) is 11.6 Å². The zero-order valence-electron chi connectivity index (χ0n) is 10.4. The fourth-order valence-electron chi connectivity index (χ4n) is 2.69. The van der Waals surface area contributed by atoms with Gasteiger partial charge in [0.2, 0.25) is 0 Å². The van der Waals surface area contributed by atoms with Gasteiger partial charge in [0.05, 0.1) is 5.38 Å². The minimum Gasteiger partial charge on any atom is -0.490 e. The molecular formula is C15H13Cl2FO. The molecule has 0 saturated heterocycles. The lowest BCUT2D eigenvalue weighted by Crippen LogP contribution is -2.15. The van der Waals surface area contributed by atoms with Gasteiger partial charge in [0.1, 0.15) is 17.7 Å². The maximum Gasteiger partial charge on any atom is 0.127 e. The van der Waals surface area contributed by atoms with Gasteiger partial charge in [0, 0.05) is 28.5 Å². The molecule has 100 valence electrons. The van der Waals surface area contributed by atoms with Crippen molar-refractivity contribution in [2.24, 2.45) is 0 Å². The molecule has 19 heavy (non-hydrogen) atoms. The van der Waals surface area contributed by atoms with Gasteiger partial charge in [-0.1, -0.05) is 23.8 Å². The lowest BCUT2D eigenvalue weighted by Gasteiger charge is -2.24. The van der Waals surface area contributed by atoms with E-state index in [2.05, 4.69) is 0 Å². The molecule has 2 unspecified atom stereocenters. The van der Waals surface area contributed by atoms with Crippen LogP contribution in [0.3, 0.4) is 0 Å². The molecule has 0 radical (unpaired) electrons. The second-order valence-corrected chi connectivity index (χ2v) is 5.91. The Labute approximate surface area is 121 Å². The van der Waals surface area contributed by atoms with E-state index in [4.69, 9.17) is 27.9 Å². The number of hydrogen-bond donors (Lipinski definition) is 0. The van der Waals surface area contributed by atoms with Crippen LogP contribution >= 0.6 is 23.2 Å². The molecule has 0 fully saturated rings. The molecule has 1 heterocycles. The van der Waals surface area contributed by atoms with E-state index in [0.29, 0.717) is 5.03 Å². The van der Waals surface area contributed by atoms with E-state index in [9.17, 15) is 4.39 Å². The van der Waals surface area contributed by atoms with E-state index >= 15 is 0 Å². The Morgan fingerprint density at radius 1 is 1.37 bits per heavy atom. The summed E-state index contributed by atoms with van der Waals surface area (Å²) in [6.07, 6.45) is 6.25. The van der Waals surface area contributed by atoms with Crippen LogP contribution in [0.5, 0.6) is 5.75 Å². The third-order valence-corrected chi connectivity index (χ3v) is 4.25. The first-order chi connectivity index (χ1) is 9.06. The van der Waals surface area contributed by atoms with E-state index in [1.54, 1.807) is 6.08 Å². The molecule has 0 aromatic heterocycles. The molecule has 0 saturated carbocycles. The fraction of sp³-hybridized carbons (Fsp3) is 0.333. The monoisotopic (exact) mass is 298 g/mol. The van der Waals surface area contributed by atoms with Gasteiger partial charge >= 0.3 is 0 Å². The third-order valence-electron chi connectivity index (χ3n) is 3.49. The summed E-state index contributed by atoms with van der Waals surface area (Å²) < 4.78 is 19.6. The van der Waals surface area contributed by atoms with E-state index in [1.807, 2.05) is 19.1 Å². The Morgan fingerprint density at radius 2 is 2.16 bits per heavy atom. The lowest BCUT2D eigenvalue weighted by atomic mass is 9.89. The van der Waals surface area contributed by atoms with Crippen molar-refractivity contribution in [1.82, 2.24) is 0 Å². The number of halogens is 3. The van der Waals surface area contributed by atoms with Crippen molar-refractivity contribution in [1.29, 1.82) is 0 Å². The van der Waals surface area contributed by atoms with Crippen molar-refractivity contribution in [3.8, 4) is 5.75 Å². The summed E-state index contributed by atoms with van der Waals surface area (Å²) in [6.45, 7) is 1.97. The zero-order chi connectivity index (χ0) is 13.6. The molecule has 1 aromatic rings. The normalized spacial score (nSPS) is 28.8. The Hall–Kier alpha value is -0.990. The average Bonchev–Trinajstić information content (AvgIpc) is 2.69. The molecule has 1 aromatic carbocycles. The molecule has 4 heteroatoms. The number of fused-ring (bicyclic) bond motifs is 1. The van der Waals surface area contributed by atoms with Crippen molar-refractivity contribution in [3.05, 3.63) is 52.3 Å². The fourth-order valence-corrected chi connectivity index (χ4v) is 3.44. The molecule has 2 aliphatic rings. The molecule has 0 amide bonds. The number of benzene rings is 1. The molecular weight excluding hydrogens is 286 g/mol. The number of rotatable bonds is 1. The van der Waals surface area contributed by atoms with E-state index in [0.717, 1.165) is 23.3 Å². The van der Waals surface area contributed by atoms with Crippen LogP contribution in [0, 0.1) is 5.82 Å². The number of alkyl halides is 1. The number of allylic oxidation sites excluding steroid dienone is 4. The highest BCUT2D eigenvalue weighted by Gasteiger charge is 2.32. The van der Waals surface area contributed by atoms with Crippen molar-refractivity contribution in [2.75, 3.05) is 0 Å². The highest BCUT2D eigenvalue weighted by molar-refractivity contribution is 6.32. The minimum atomic E-state index is -0.289.